The predicted molar refractivity (Wildman–Crippen MR) is 107 cm³/mol. The average molecular weight is 390 g/mol. The first-order chi connectivity index (χ1) is 12.2. The summed E-state index contributed by atoms with van der Waals surface area (Å²) in [4.78, 5) is 4.83. The van der Waals surface area contributed by atoms with Gasteiger partial charge in [-0.25, -0.2) is 4.99 Å². The zero-order chi connectivity index (χ0) is 17.2. The number of aliphatic imine (C=N–C) groups is 1. The highest BCUT2D eigenvalue weighted by molar-refractivity contribution is 9.10. The van der Waals surface area contributed by atoms with Gasteiger partial charge < -0.3 is 0 Å². The first kappa shape index (κ1) is 15.8. The normalized spacial score (nSPS) is 13.2. The van der Waals surface area contributed by atoms with E-state index in [2.05, 4.69) is 63.7 Å². The molecule has 4 heteroatoms. The lowest BCUT2D eigenvalue weighted by Gasteiger charge is -2.09. The molecule has 0 saturated heterocycles. The number of rotatable bonds is 2. The minimum Gasteiger partial charge on any atom is -0.260 e. The molecule has 3 aromatic rings. The van der Waals surface area contributed by atoms with Crippen LogP contribution in [0.2, 0.25) is 0 Å². The quantitative estimate of drug-likeness (QED) is 0.642. The van der Waals surface area contributed by atoms with Gasteiger partial charge in [-0.1, -0.05) is 70.0 Å². The number of benzene rings is 3. The third kappa shape index (κ3) is 3.26. The fourth-order valence-electron chi connectivity index (χ4n) is 2.80. The van der Waals surface area contributed by atoms with Gasteiger partial charge in [-0.2, -0.15) is 5.10 Å². The van der Waals surface area contributed by atoms with E-state index < -0.39 is 0 Å². The average Bonchev–Trinajstić information content (AvgIpc) is 2.83. The predicted octanol–water partition coefficient (Wildman–Crippen LogP) is 5.19. The molecule has 25 heavy (non-hydrogen) atoms. The number of nitrogens with one attached hydrogen (secondary N) is 1. The molecule has 0 amide bonds. The van der Waals surface area contributed by atoms with E-state index in [0.29, 0.717) is 0 Å². The van der Waals surface area contributed by atoms with Crippen LogP contribution in [0.1, 0.15) is 22.3 Å². The zero-order valence-electron chi connectivity index (χ0n) is 13.7. The van der Waals surface area contributed by atoms with Crippen molar-refractivity contribution in [2.24, 2.45) is 10.1 Å². The van der Waals surface area contributed by atoms with Gasteiger partial charge in [-0.3, -0.25) is 5.43 Å². The largest absolute Gasteiger partial charge is 0.260 e. The third-order valence-electron chi connectivity index (χ3n) is 4.08. The molecule has 0 unspecified atom stereocenters. The van der Waals surface area contributed by atoms with Crippen LogP contribution in [-0.2, 0) is 0 Å². The molecule has 1 heterocycles. The molecule has 122 valence electrons. The van der Waals surface area contributed by atoms with Gasteiger partial charge in [0.25, 0.3) is 0 Å². The molecule has 0 atom stereocenters. The van der Waals surface area contributed by atoms with Crippen LogP contribution in [0.15, 0.2) is 87.4 Å². The Balaban J connectivity index is 1.87. The second kappa shape index (κ2) is 6.65. The molecule has 0 aromatic heterocycles. The van der Waals surface area contributed by atoms with Crippen molar-refractivity contribution in [3.8, 4) is 0 Å². The Bertz CT molecular complexity index is 974. The number of hydrogen-bond acceptors (Lipinski definition) is 3. The maximum Gasteiger partial charge on any atom is 0.154 e. The fraction of sp³-hybridized carbons (Fsp3) is 0.0476. The van der Waals surface area contributed by atoms with Crippen molar-refractivity contribution in [1.82, 2.24) is 5.43 Å². The standard InChI is InChI=1S/C21H16BrN3/c1-14-7-12-19-18(13-14)20(15-8-10-17(22)11-9-15)24-25-21(23-19)16-5-3-2-4-6-16/h2-13H,1H3,(H,23,25). The van der Waals surface area contributed by atoms with E-state index in [0.717, 1.165) is 38.4 Å². The van der Waals surface area contributed by atoms with Crippen LogP contribution in [0.5, 0.6) is 0 Å². The number of amidine groups is 1. The van der Waals surface area contributed by atoms with Crippen LogP contribution in [0.3, 0.4) is 0 Å². The van der Waals surface area contributed by atoms with Crippen molar-refractivity contribution in [2.75, 3.05) is 0 Å². The van der Waals surface area contributed by atoms with Crippen LogP contribution in [0.25, 0.3) is 0 Å². The molecule has 0 fully saturated rings. The summed E-state index contributed by atoms with van der Waals surface area (Å²) in [6.07, 6.45) is 0. The van der Waals surface area contributed by atoms with Crippen LogP contribution in [0, 0.1) is 6.92 Å². The first-order valence-electron chi connectivity index (χ1n) is 8.05. The maximum absolute atomic E-state index is 4.83. The maximum atomic E-state index is 4.83. The molecular formula is C21H16BrN3. The second-order valence-electron chi connectivity index (χ2n) is 5.93. The van der Waals surface area contributed by atoms with E-state index in [9.17, 15) is 0 Å². The Morgan fingerprint density at radius 2 is 1.60 bits per heavy atom. The van der Waals surface area contributed by atoms with Crippen molar-refractivity contribution in [1.29, 1.82) is 0 Å². The zero-order valence-corrected chi connectivity index (χ0v) is 15.3. The summed E-state index contributed by atoms with van der Waals surface area (Å²) in [5.41, 5.74) is 9.22. The number of nitrogens with zero attached hydrogens (tertiary/aromatic N) is 2. The van der Waals surface area contributed by atoms with Crippen molar-refractivity contribution in [2.45, 2.75) is 6.92 Å². The molecule has 4 rings (SSSR count). The lowest BCUT2D eigenvalue weighted by atomic mass is 9.99. The molecule has 0 aliphatic carbocycles. The van der Waals surface area contributed by atoms with E-state index in [1.54, 1.807) is 0 Å². The molecular weight excluding hydrogens is 374 g/mol. The SMILES string of the molecule is Cc1ccc2c(c1)C(c1ccc(Br)cc1)=NNC(c1ccccc1)=N2. The van der Waals surface area contributed by atoms with Gasteiger partial charge in [-0.15, -0.1) is 0 Å². The number of hydrazone groups is 1. The Hall–Kier alpha value is -2.72. The van der Waals surface area contributed by atoms with Gasteiger partial charge in [0, 0.05) is 21.2 Å². The van der Waals surface area contributed by atoms with Crippen LogP contribution >= 0.6 is 15.9 Å². The van der Waals surface area contributed by atoms with E-state index >= 15 is 0 Å². The van der Waals surface area contributed by atoms with Gasteiger partial charge in [0.1, 0.15) is 0 Å². The molecule has 0 spiro atoms. The van der Waals surface area contributed by atoms with Crippen LogP contribution in [0.4, 0.5) is 5.69 Å². The molecule has 1 N–H and O–H groups in total. The molecule has 3 nitrogen and oxygen atoms in total. The summed E-state index contributed by atoms with van der Waals surface area (Å²) in [6, 6.07) is 24.5. The van der Waals surface area contributed by atoms with Crippen LogP contribution < -0.4 is 5.43 Å². The van der Waals surface area contributed by atoms with E-state index in [-0.39, 0.29) is 0 Å². The molecule has 0 saturated carbocycles. The third-order valence-corrected chi connectivity index (χ3v) is 4.61. The van der Waals surface area contributed by atoms with Gasteiger partial charge >= 0.3 is 0 Å². The monoisotopic (exact) mass is 389 g/mol. The Morgan fingerprint density at radius 1 is 0.840 bits per heavy atom. The van der Waals surface area contributed by atoms with Crippen molar-refractivity contribution in [3.05, 3.63) is 99.5 Å². The molecule has 1 aliphatic rings. The van der Waals surface area contributed by atoms with Gasteiger partial charge in [0.05, 0.1) is 11.4 Å². The number of hydrogen-bond donors (Lipinski definition) is 1. The summed E-state index contributed by atoms with van der Waals surface area (Å²) in [7, 11) is 0. The van der Waals surface area contributed by atoms with E-state index in [1.807, 2.05) is 42.5 Å². The molecule has 0 radical (unpaired) electrons. The van der Waals surface area contributed by atoms with E-state index in [4.69, 9.17) is 4.99 Å². The van der Waals surface area contributed by atoms with Crippen molar-refractivity contribution in [3.63, 3.8) is 0 Å². The Kier molecular flexibility index (Phi) is 4.20. The summed E-state index contributed by atoms with van der Waals surface area (Å²) in [6.45, 7) is 2.08. The number of fused-ring (bicyclic) bond motifs is 1. The van der Waals surface area contributed by atoms with Gasteiger partial charge in [0.15, 0.2) is 5.84 Å². The van der Waals surface area contributed by atoms with Crippen molar-refractivity contribution < 1.29 is 0 Å². The number of aryl methyl sites for hydroxylation is 1. The lowest BCUT2D eigenvalue weighted by Crippen LogP contribution is -2.19. The summed E-state index contributed by atoms with van der Waals surface area (Å²) < 4.78 is 1.05. The topological polar surface area (TPSA) is 36.8 Å². The fourth-order valence-corrected chi connectivity index (χ4v) is 3.07. The summed E-state index contributed by atoms with van der Waals surface area (Å²) in [5, 5.41) is 4.68. The molecule has 0 bridgehead atoms. The Labute approximate surface area is 155 Å². The van der Waals surface area contributed by atoms with Crippen molar-refractivity contribution >= 4 is 33.2 Å². The minimum absolute atomic E-state index is 0.748. The smallest absolute Gasteiger partial charge is 0.154 e. The second-order valence-corrected chi connectivity index (χ2v) is 6.84. The molecule has 3 aromatic carbocycles. The van der Waals surface area contributed by atoms with E-state index in [1.165, 1.54) is 5.56 Å². The summed E-state index contributed by atoms with van der Waals surface area (Å²) >= 11 is 3.49. The number of halogens is 1. The Morgan fingerprint density at radius 3 is 2.36 bits per heavy atom. The van der Waals surface area contributed by atoms with Crippen LogP contribution in [-0.4, -0.2) is 11.5 Å². The van der Waals surface area contributed by atoms with Gasteiger partial charge in [-0.05, 0) is 31.2 Å². The van der Waals surface area contributed by atoms with Gasteiger partial charge in [0.2, 0.25) is 0 Å². The highest BCUT2D eigenvalue weighted by atomic mass is 79.9. The highest BCUT2D eigenvalue weighted by Gasteiger charge is 2.17. The highest BCUT2D eigenvalue weighted by Crippen LogP contribution is 2.27. The lowest BCUT2D eigenvalue weighted by molar-refractivity contribution is 1.03. The molecule has 1 aliphatic heterocycles. The minimum atomic E-state index is 0.748. The summed E-state index contributed by atoms with van der Waals surface area (Å²) in [5.74, 6) is 0.748. The first-order valence-corrected chi connectivity index (χ1v) is 8.85.